The van der Waals surface area contributed by atoms with Crippen molar-refractivity contribution in [2.75, 3.05) is 132 Å². The summed E-state index contributed by atoms with van der Waals surface area (Å²) in [5.41, 5.74) is 0. The number of rotatable bonds is 56. The van der Waals surface area contributed by atoms with Crippen LogP contribution in [0.2, 0.25) is 0 Å². The smallest absolute Gasteiger partial charge is 0.326 e. The van der Waals surface area contributed by atoms with Crippen LogP contribution in [0.25, 0.3) is 0 Å². The third-order valence-electron chi connectivity index (χ3n) is 10.6. The second-order valence-corrected chi connectivity index (χ2v) is 17.0. The molecule has 0 rings (SSSR count). The highest BCUT2D eigenvalue weighted by molar-refractivity contribution is 5.86. The van der Waals surface area contributed by atoms with E-state index in [1.807, 2.05) is 0 Å². The fourth-order valence-corrected chi connectivity index (χ4v) is 6.60. The minimum Gasteiger partial charge on any atom is -0.481 e. The van der Waals surface area contributed by atoms with Gasteiger partial charge >= 0.3 is 17.9 Å². The molecule has 0 aromatic heterocycles. The molecule has 0 unspecified atom stereocenters. The number of amides is 5. The number of carboxylic acids is 3. The number of carbonyl (C=O) groups is 10. The van der Waals surface area contributed by atoms with Crippen molar-refractivity contribution in [2.45, 2.75) is 115 Å². The van der Waals surface area contributed by atoms with Gasteiger partial charge in [0.15, 0.2) is 0 Å². The van der Waals surface area contributed by atoms with Gasteiger partial charge in [-0.2, -0.15) is 0 Å². The lowest BCUT2D eigenvalue weighted by Gasteiger charge is -2.15. The van der Waals surface area contributed by atoms with Crippen molar-refractivity contribution in [3.63, 3.8) is 0 Å². The van der Waals surface area contributed by atoms with Crippen molar-refractivity contribution >= 4 is 59.5 Å². The lowest BCUT2D eigenvalue weighted by molar-refractivity contribution is -0.145. The van der Waals surface area contributed by atoms with Crippen LogP contribution in [0.3, 0.4) is 0 Å². The molecule has 26 nitrogen and oxygen atoms in total. The Kier molecular flexibility index (Phi) is 47.4. The highest BCUT2D eigenvalue weighted by Crippen LogP contribution is 2.16. The molecule has 75 heavy (non-hydrogen) atoms. The number of ketones is 1. The Morgan fingerprint density at radius 3 is 1.17 bits per heavy atom. The summed E-state index contributed by atoms with van der Waals surface area (Å²) < 4.78 is 42.0. The average molecular weight is 1080 g/mol. The summed E-state index contributed by atoms with van der Waals surface area (Å²) >= 11 is 0. The fraction of sp³-hybridized carbons (Fsp3) is 0.796. The molecule has 0 saturated heterocycles. The van der Waals surface area contributed by atoms with E-state index in [4.69, 9.17) is 43.0 Å². The highest BCUT2D eigenvalue weighted by atomic mass is 16.5. The van der Waals surface area contributed by atoms with E-state index < -0.39 is 53.9 Å². The number of hydrogen-bond acceptors (Lipinski definition) is 18. The molecule has 0 aliphatic heterocycles. The van der Waals surface area contributed by atoms with E-state index in [-0.39, 0.29) is 162 Å². The van der Waals surface area contributed by atoms with Crippen molar-refractivity contribution in [3.8, 4) is 0 Å². The van der Waals surface area contributed by atoms with E-state index >= 15 is 0 Å². The second-order valence-electron chi connectivity index (χ2n) is 17.0. The molecule has 0 aromatic carbocycles. The third-order valence-corrected chi connectivity index (χ3v) is 10.6. The number of Topliss-reactive ketones (excluding diaryl/α,β-unsaturated/α-hetero) is 1. The molecular formula is C49H85N5O21. The van der Waals surface area contributed by atoms with Gasteiger partial charge in [0.25, 0.3) is 0 Å². The first kappa shape index (κ1) is 69.8. The summed E-state index contributed by atoms with van der Waals surface area (Å²) in [5, 5.41) is 40.8. The maximum atomic E-state index is 12.6. The fourth-order valence-electron chi connectivity index (χ4n) is 6.60. The van der Waals surface area contributed by atoms with E-state index in [0.29, 0.717) is 45.5 Å². The summed E-state index contributed by atoms with van der Waals surface area (Å²) in [4.78, 5) is 117. The van der Waals surface area contributed by atoms with E-state index in [1.54, 1.807) is 0 Å². The normalized spacial score (nSPS) is 11.8. The molecule has 0 aromatic rings. The number of unbranched alkanes of at least 4 members (excludes halogenated alkanes) is 9. The van der Waals surface area contributed by atoms with Crippen LogP contribution in [0.4, 0.5) is 0 Å². The summed E-state index contributed by atoms with van der Waals surface area (Å²) in [5.74, 6) is -6.88. The molecule has 432 valence electrons. The predicted octanol–water partition coefficient (Wildman–Crippen LogP) is 0.338. The lowest BCUT2D eigenvalue weighted by atomic mass is 9.94. The monoisotopic (exact) mass is 1080 g/mol. The first-order valence-corrected chi connectivity index (χ1v) is 25.9. The Labute approximate surface area is 439 Å². The summed E-state index contributed by atoms with van der Waals surface area (Å²) in [7, 11) is 0. The van der Waals surface area contributed by atoms with Gasteiger partial charge in [0.1, 0.15) is 44.5 Å². The maximum Gasteiger partial charge on any atom is 0.326 e. The van der Waals surface area contributed by atoms with Crippen LogP contribution >= 0.6 is 0 Å². The Balaban J connectivity index is 3.82. The predicted molar refractivity (Wildman–Crippen MR) is 266 cm³/mol. The number of hydrogen-bond donors (Lipinski definition) is 8. The number of carbonyl (C=O) groups excluding carboxylic acids is 7. The van der Waals surface area contributed by atoms with E-state index in [2.05, 4.69) is 26.6 Å². The van der Waals surface area contributed by atoms with Crippen LogP contribution in [0.1, 0.15) is 109 Å². The summed E-state index contributed by atoms with van der Waals surface area (Å²) in [6, 6.07) is -1.30. The zero-order valence-electron chi connectivity index (χ0n) is 43.6. The number of ether oxygens (including phenoxy) is 8. The van der Waals surface area contributed by atoms with Crippen molar-refractivity contribution < 1.29 is 101 Å². The van der Waals surface area contributed by atoms with Crippen LogP contribution in [-0.4, -0.2) is 213 Å². The van der Waals surface area contributed by atoms with Crippen LogP contribution in [0.15, 0.2) is 0 Å². The molecule has 8 N–H and O–H groups in total. The number of aliphatic carboxylic acids is 3. The van der Waals surface area contributed by atoms with Crippen LogP contribution in [0.5, 0.6) is 0 Å². The van der Waals surface area contributed by atoms with E-state index in [0.717, 1.165) is 51.4 Å². The summed E-state index contributed by atoms with van der Waals surface area (Å²) in [6.45, 7) is 2.90. The molecule has 0 heterocycles. The topological polar surface area (TPSA) is 365 Å². The molecule has 2 atom stereocenters. The maximum absolute atomic E-state index is 12.6. The van der Waals surface area contributed by atoms with Gasteiger partial charge in [-0.05, 0) is 25.7 Å². The molecule has 26 heteroatoms. The van der Waals surface area contributed by atoms with Crippen LogP contribution in [-0.2, 0) is 85.8 Å². The molecule has 0 bridgehead atoms. The SMILES string of the molecule is O=CCOCCOCCNC(=O)COCCOCCNC(=O)COCCOCCNC(=O)COCCOCCNC(=O)CC[C@H](CC(=O)CC[C@H](NC(=O)CCCCCCCCCCCCC(=O)O)C(=O)O)C(=O)O. The zero-order chi connectivity index (χ0) is 55.4. The Morgan fingerprint density at radius 2 is 0.773 bits per heavy atom. The van der Waals surface area contributed by atoms with Gasteiger partial charge in [0.05, 0.1) is 85.2 Å². The molecular weight excluding hydrogens is 995 g/mol. The third kappa shape index (κ3) is 49.4. The van der Waals surface area contributed by atoms with E-state index in [9.17, 15) is 58.2 Å². The number of aldehydes is 1. The van der Waals surface area contributed by atoms with Crippen molar-refractivity contribution in [1.82, 2.24) is 26.6 Å². The molecule has 0 radical (unpaired) electrons. The first-order chi connectivity index (χ1) is 36.2. The van der Waals surface area contributed by atoms with Crippen molar-refractivity contribution in [1.29, 1.82) is 0 Å². The first-order valence-electron chi connectivity index (χ1n) is 25.9. The standard InChI is InChI=1S/C49H85N5O21/c55-21-26-72-28-27-68-23-18-51-44(59)36-74-33-30-70-25-20-53-46(61)38-75-34-31-71-24-19-52-45(60)37-73-32-29-69-22-17-50-42(57)16-13-39(48(64)65)35-40(56)14-15-41(49(66)67)54-43(58)11-9-7-5-3-1-2-4-6-8-10-12-47(62)63/h21,39,41H,1-20,22-38H2,(H,50,57)(H,51,59)(H,52,60)(H,53,61)(H,54,58)(H,62,63)(H,64,65)(H,66,67)/t39-,41+/m1/s1. The largest absolute Gasteiger partial charge is 0.481 e. The summed E-state index contributed by atoms with van der Waals surface area (Å²) in [6.07, 6.45) is 9.05. The van der Waals surface area contributed by atoms with Crippen LogP contribution in [0, 0.1) is 5.92 Å². The minimum absolute atomic E-state index is 0.0187. The number of carboxylic acid groups (broad SMARTS) is 3. The van der Waals surface area contributed by atoms with Gasteiger partial charge in [-0.3, -0.25) is 38.4 Å². The quantitative estimate of drug-likeness (QED) is 0.0301. The van der Waals surface area contributed by atoms with Gasteiger partial charge in [-0.25, -0.2) is 4.79 Å². The van der Waals surface area contributed by atoms with Gasteiger partial charge in [0.2, 0.25) is 29.5 Å². The van der Waals surface area contributed by atoms with Gasteiger partial charge in [0, 0.05) is 58.3 Å². The number of nitrogens with one attached hydrogen (secondary N) is 5. The lowest BCUT2D eigenvalue weighted by Crippen LogP contribution is -2.41. The van der Waals surface area contributed by atoms with Gasteiger partial charge in [-0.1, -0.05) is 51.4 Å². The molecule has 0 spiro atoms. The Morgan fingerprint density at radius 1 is 0.387 bits per heavy atom. The molecule has 5 amide bonds. The Bertz CT molecular complexity index is 1590. The zero-order valence-corrected chi connectivity index (χ0v) is 43.6. The van der Waals surface area contributed by atoms with Crippen molar-refractivity contribution in [2.24, 2.45) is 5.92 Å². The van der Waals surface area contributed by atoms with E-state index in [1.165, 1.54) is 0 Å². The Hall–Kier alpha value is -5.22. The molecule has 0 aliphatic carbocycles. The average Bonchev–Trinajstić information content (AvgIpc) is 3.37. The molecule has 0 saturated carbocycles. The van der Waals surface area contributed by atoms with Gasteiger partial charge in [-0.15, -0.1) is 0 Å². The molecule has 0 fully saturated rings. The van der Waals surface area contributed by atoms with Crippen molar-refractivity contribution in [3.05, 3.63) is 0 Å². The molecule has 0 aliphatic rings. The minimum atomic E-state index is -1.30. The van der Waals surface area contributed by atoms with Crippen LogP contribution < -0.4 is 26.6 Å². The second kappa shape index (κ2) is 50.9. The highest BCUT2D eigenvalue weighted by Gasteiger charge is 2.25. The van der Waals surface area contributed by atoms with Gasteiger partial charge < -0.3 is 84.6 Å².